The second-order valence-corrected chi connectivity index (χ2v) is 10.9. The van der Waals surface area contributed by atoms with Crippen LogP contribution in [0.3, 0.4) is 0 Å². The summed E-state index contributed by atoms with van der Waals surface area (Å²) >= 11 is 0. The molecule has 1 saturated carbocycles. The Kier molecular flexibility index (Phi) is 13.4. The average molecular weight is 505 g/mol. The predicted octanol–water partition coefficient (Wildman–Crippen LogP) is 9.29. The molecule has 1 heterocycles. The number of aryl methyl sites for hydroxylation is 1. The molecule has 0 N–H and O–H groups in total. The second-order valence-electron chi connectivity index (χ2n) is 10.9. The van der Waals surface area contributed by atoms with Gasteiger partial charge in [-0.25, -0.2) is 9.97 Å². The van der Waals surface area contributed by atoms with Crippen LogP contribution in [-0.4, -0.2) is 15.9 Å². The summed E-state index contributed by atoms with van der Waals surface area (Å²) in [5, 5.41) is 0. The van der Waals surface area contributed by atoms with Crippen LogP contribution < -0.4 is 4.74 Å². The maximum absolute atomic E-state index is 12.7. The van der Waals surface area contributed by atoms with Crippen molar-refractivity contribution in [3.63, 3.8) is 0 Å². The molecule has 1 aliphatic rings. The van der Waals surface area contributed by atoms with Crippen LogP contribution in [-0.2, 0) is 11.2 Å². The Morgan fingerprint density at radius 3 is 2.19 bits per heavy atom. The molecule has 1 fully saturated rings. The van der Waals surface area contributed by atoms with Gasteiger partial charge in [-0.1, -0.05) is 70.8 Å². The Bertz CT molecular complexity index is 899. The number of nitrogens with zero attached hydrogens (tertiary/aromatic N) is 2. The molecule has 202 valence electrons. The zero-order chi connectivity index (χ0) is 26.1. The Morgan fingerprint density at radius 1 is 0.892 bits per heavy atom. The number of carbonyl (C=O) groups excluding carboxylic acids is 1. The standard InChI is InChI=1S/C33H48N2O2/c1-3-5-7-9-10-11-12-14-16-28-25-34-32(35-26-28)29-21-23-31(24-22-29)37-33(36)30-19-17-27(18-20-30)15-13-8-6-4-2/h4,21-27,30H,2-3,5-20H2,1H3. The SMILES string of the molecule is C=CCCCCC1CCC(C(=O)Oc2ccc(-c3ncc(CCCCCCCCCC)cn3)cc2)CC1. The van der Waals surface area contributed by atoms with Crippen molar-refractivity contribution in [2.75, 3.05) is 0 Å². The minimum atomic E-state index is -0.0839. The maximum atomic E-state index is 12.7. The second kappa shape index (κ2) is 17.1. The van der Waals surface area contributed by atoms with E-state index in [1.807, 2.05) is 42.7 Å². The molecule has 3 rings (SSSR count). The molecule has 0 atom stereocenters. The third kappa shape index (κ3) is 10.8. The van der Waals surface area contributed by atoms with E-state index in [4.69, 9.17) is 4.74 Å². The molecular weight excluding hydrogens is 456 g/mol. The Balaban J connectivity index is 1.36. The summed E-state index contributed by atoms with van der Waals surface area (Å²) in [6, 6.07) is 7.60. The number of benzene rings is 1. The highest BCUT2D eigenvalue weighted by atomic mass is 16.5. The van der Waals surface area contributed by atoms with E-state index in [9.17, 15) is 4.79 Å². The number of aromatic nitrogens is 2. The molecule has 0 aliphatic heterocycles. The van der Waals surface area contributed by atoms with E-state index in [0.717, 1.165) is 50.0 Å². The quantitative estimate of drug-likeness (QED) is 0.0932. The van der Waals surface area contributed by atoms with Gasteiger partial charge in [0.15, 0.2) is 5.82 Å². The van der Waals surface area contributed by atoms with Crippen LogP contribution in [0.4, 0.5) is 0 Å². The number of unbranched alkanes of at least 4 members (excludes halogenated alkanes) is 9. The van der Waals surface area contributed by atoms with Crippen molar-refractivity contribution < 1.29 is 9.53 Å². The molecule has 4 heteroatoms. The Hall–Kier alpha value is -2.49. The van der Waals surface area contributed by atoms with E-state index in [0.29, 0.717) is 11.6 Å². The van der Waals surface area contributed by atoms with Gasteiger partial charge in [0.05, 0.1) is 5.92 Å². The lowest BCUT2D eigenvalue weighted by atomic mass is 9.80. The lowest BCUT2D eigenvalue weighted by Crippen LogP contribution is -2.25. The first-order valence-corrected chi connectivity index (χ1v) is 14.9. The molecular formula is C33H48N2O2. The predicted molar refractivity (Wildman–Crippen MR) is 154 cm³/mol. The maximum Gasteiger partial charge on any atom is 0.314 e. The van der Waals surface area contributed by atoms with Gasteiger partial charge < -0.3 is 4.74 Å². The molecule has 0 spiro atoms. The summed E-state index contributed by atoms with van der Waals surface area (Å²) in [6.07, 6.45) is 26.6. The molecule has 1 aromatic carbocycles. The number of hydrogen-bond acceptors (Lipinski definition) is 4. The fraction of sp³-hybridized carbons (Fsp3) is 0.606. The summed E-state index contributed by atoms with van der Waals surface area (Å²) in [5.41, 5.74) is 2.14. The van der Waals surface area contributed by atoms with E-state index in [2.05, 4.69) is 23.5 Å². The largest absolute Gasteiger partial charge is 0.426 e. The van der Waals surface area contributed by atoms with Crippen LogP contribution in [0.5, 0.6) is 5.75 Å². The molecule has 37 heavy (non-hydrogen) atoms. The Labute approximate surface area is 225 Å². The van der Waals surface area contributed by atoms with Crippen molar-refractivity contribution in [3.05, 3.63) is 54.9 Å². The highest BCUT2D eigenvalue weighted by Crippen LogP contribution is 2.33. The Morgan fingerprint density at radius 2 is 1.54 bits per heavy atom. The van der Waals surface area contributed by atoms with Gasteiger partial charge in [-0.3, -0.25) is 4.79 Å². The van der Waals surface area contributed by atoms with E-state index < -0.39 is 0 Å². The summed E-state index contributed by atoms with van der Waals surface area (Å²) in [5.74, 6) is 2.02. The summed E-state index contributed by atoms with van der Waals surface area (Å²) < 4.78 is 5.71. The van der Waals surface area contributed by atoms with Crippen LogP contribution in [0.1, 0.15) is 115 Å². The van der Waals surface area contributed by atoms with Crippen molar-refractivity contribution in [1.29, 1.82) is 0 Å². The molecule has 1 aromatic heterocycles. The average Bonchev–Trinajstić information content (AvgIpc) is 2.94. The van der Waals surface area contributed by atoms with Gasteiger partial charge in [-0.15, -0.1) is 6.58 Å². The summed E-state index contributed by atoms with van der Waals surface area (Å²) in [6.45, 7) is 6.06. The third-order valence-corrected chi connectivity index (χ3v) is 7.81. The van der Waals surface area contributed by atoms with Crippen LogP contribution in [0, 0.1) is 11.8 Å². The zero-order valence-corrected chi connectivity index (χ0v) is 23.1. The van der Waals surface area contributed by atoms with Crippen LogP contribution in [0.2, 0.25) is 0 Å². The number of esters is 1. The molecule has 1 aliphatic carbocycles. The number of ether oxygens (including phenoxy) is 1. The molecule has 0 bridgehead atoms. The monoisotopic (exact) mass is 504 g/mol. The smallest absolute Gasteiger partial charge is 0.314 e. The highest BCUT2D eigenvalue weighted by Gasteiger charge is 2.27. The first kappa shape index (κ1) is 29.1. The molecule has 4 nitrogen and oxygen atoms in total. The molecule has 0 amide bonds. The third-order valence-electron chi connectivity index (χ3n) is 7.81. The highest BCUT2D eigenvalue weighted by molar-refractivity contribution is 5.75. The van der Waals surface area contributed by atoms with Gasteiger partial charge in [-0.2, -0.15) is 0 Å². The normalized spacial score (nSPS) is 17.4. The lowest BCUT2D eigenvalue weighted by molar-refractivity contribution is -0.140. The number of carbonyl (C=O) groups is 1. The fourth-order valence-electron chi connectivity index (χ4n) is 5.38. The van der Waals surface area contributed by atoms with Crippen molar-refractivity contribution in [2.24, 2.45) is 11.8 Å². The van der Waals surface area contributed by atoms with Gasteiger partial charge in [0.25, 0.3) is 0 Å². The van der Waals surface area contributed by atoms with Crippen molar-refractivity contribution in [2.45, 2.75) is 116 Å². The van der Waals surface area contributed by atoms with Gasteiger partial charge >= 0.3 is 5.97 Å². The van der Waals surface area contributed by atoms with Crippen molar-refractivity contribution in [3.8, 4) is 17.1 Å². The summed E-state index contributed by atoms with van der Waals surface area (Å²) in [7, 11) is 0. The van der Waals surface area contributed by atoms with Crippen molar-refractivity contribution in [1.82, 2.24) is 9.97 Å². The minimum absolute atomic E-state index is 0.0287. The topological polar surface area (TPSA) is 52.1 Å². The molecule has 0 radical (unpaired) electrons. The van der Waals surface area contributed by atoms with Crippen molar-refractivity contribution >= 4 is 5.97 Å². The number of rotatable bonds is 17. The first-order valence-electron chi connectivity index (χ1n) is 14.9. The van der Waals surface area contributed by atoms with Gasteiger partial charge in [-0.05, 0) is 87.1 Å². The van der Waals surface area contributed by atoms with Crippen LogP contribution in [0.25, 0.3) is 11.4 Å². The molecule has 0 unspecified atom stereocenters. The van der Waals surface area contributed by atoms with E-state index >= 15 is 0 Å². The summed E-state index contributed by atoms with van der Waals surface area (Å²) in [4.78, 5) is 21.8. The minimum Gasteiger partial charge on any atom is -0.426 e. The zero-order valence-electron chi connectivity index (χ0n) is 23.1. The fourth-order valence-corrected chi connectivity index (χ4v) is 5.38. The van der Waals surface area contributed by atoms with Crippen LogP contribution in [0.15, 0.2) is 49.3 Å². The van der Waals surface area contributed by atoms with Crippen LogP contribution >= 0.6 is 0 Å². The van der Waals surface area contributed by atoms with E-state index in [1.54, 1.807) is 0 Å². The number of allylic oxidation sites excluding steroid dienone is 1. The number of hydrogen-bond donors (Lipinski definition) is 0. The van der Waals surface area contributed by atoms with E-state index in [1.165, 1.54) is 76.2 Å². The van der Waals surface area contributed by atoms with E-state index in [-0.39, 0.29) is 11.9 Å². The molecule has 2 aromatic rings. The lowest BCUT2D eigenvalue weighted by Gasteiger charge is -2.27. The first-order chi connectivity index (χ1) is 18.2. The van der Waals surface area contributed by atoms with Gasteiger partial charge in [0.2, 0.25) is 0 Å². The van der Waals surface area contributed by atoms with Gasteiger partial charge in [0.1, 0.15) is 5.75 Å². The van der Waals surface area contributed by atoms with Gasteiger partial charge in [0, 0.05) is 18.0 Å². The molecule has 0 saturated heterocycles.